The molecule has 3 atom stereocenters. The molecule has 1 heterocycles. The molecule has 1 aliphatic rings. The van der Waals surface area contributed by atoms with Crippen LogP contribution in [-0.2, 0) is 4.79 Å². The lowest BCUT2D eigenvalue weighted by Gasteiger charge is -2.28. The van der Waals surface area contributed by atoms with Crippen molar-refractivity contribution in [1.29, 1.82) is 0 Å². The first-order valence-corrected chi connectivity index (χ1v) is 7.28. The maximum Gasteiger partial charge on any atom is 0.241 e. The maximum atomic E-state index is 12.2. The van der Waals surface area contributed by atoms with Crippen LogP contribution in [0.4, 0.5) is 0 Å². The monoisotopic (exact) mass is 255 g/mol. The van der Waals surface area contributed by atoms with Gasteiger partial charge in [-0.1, -0.05) is 20.3 Å². The average Bonchev–Trinajstić information content (AvgIpc) is 2.61. The molecule has 0 aliphatic carbocycles. The van der Waals surface area contributed by atoms with Crippen LogP contribution in [-0.4, -0.2) is 54.1 Å². The standard InChI is InChI=1S/C14H29N3O/c1-6-8-13-14(18)17(12(4)15-13)10-9-16(5)11(3)7-2/h11-13,15H,6-10H2,1-5H3. The van der Waals surface area contributed by atoms with Crippen LogP contribution in [0.5, 0.6) is 0 Å². The van der Waals surface area contributed by atoms with E-state index in [-0.39, 0.29) is 18.1 Å². The molecule has 4 heteroatoms. The van der Waals surface area contributed by atoms with E-state index in [0.717, 1.165) is 32.4 Å². The van der Waals surface area contributed by atoms with Crippen LogP contribution in [0.2, 0.25) is 0 Å². The fraction of sp³-hybridized carbons (Fsp3) is 0.929. The first-order valence-electron chi connectivity index (χ1n) is 7.28. The molecular weight excluding hydrogens is 226 g/mol. The fourth-order valence-electron chi connectivity index (χ4n) is 2.44. The topological polar surface area (TPSA) is 35.6 Å². The van der Waals surface area contributed by atoms with Crippen LogP contribution in [0, 0.1) is 0 Å². The number of amides is 1. The van der Waals surface area contributed by atoms with Crippen molar-refractivity contribution in [3.05, 3.63) is 0 Å². The van der Waals surface area contributed by atoms with E-state index in [9.17, 15) is 4.79 Å². The minimum atomic E-state index is 0.0407. The summed E-state index contributed by atoms with van der Waals surface area (Å²) in [6.45, 7) is 10.4. The van der Waals surface area contributed by atoms with Crippen LogP contribution in [0.15, 0.2) is 0 Å². The van der Waals surface area contributed by atoms with Crippen molar-refractivity contribution < 1.29 is 4.79 Å². The quantitative estimate of drug-likeness (QED) is 0.751. The van der Waals surface area contributed by atoms with E-state index in [1.807, 2.05) is 4.90 Å². The first-order chi connectivity index (χ1) is 8.51. The summed E-state index contributed by atoms with van der Waals surface area (Å²) in [6.07, 6.45) is 3.33. The van der Waals surface area contributed by atoms with Crippen molar-refractivity contribution in [2.45, 2.75) is 65.2 Å². The Bertz CT molecular complexity index is 270. The molecule has 0 spiro atoms. The van der Waals surface area contributed by atoms with Crippen molar-refractivity contribution >= 4 is 5.91 Å². The first kappa shape index (κ1) is 15.4. The molecule has 1 N–H and O–H groups in total. The summed E-state index contributed by atoms with van der Waals surface area (Å²) in [6, 6.07) is 0.622. The van der Waals surface area contributed by atoms with E-state index in [1.165, 1.54) is 0 Å². The zero-order chi connectivity index (χ0) is 13.7. The summed E-state index contributed by atoms with van der Waals surface area (Å²) in [4.78, 5) is 16.5. The molecule has 0 radical (unpaired) electrons. The Kier molecular flexibility index (Phi) is 6.09. The van der Waals surface area contributed by atoms with Crippen LogP contribution >= 0.6 is 0 Å². The number of likely N-dealkylation sites (N-methyl/N-ethyl adjacent to an activating group) is 1. The Labute approximate surface area is 112 Å². The molecule has 0 bridgehead atoms. The van der Waals surface area contributed by atoms with Gasteiger partial charge in [0.25, 0.3) is 0 Å². The molecule has 0 aromatic rings. The summed E-state index contributed by atoms with van der Waals surface area (Å²) in [5.74, 6) is 0.280. The Balaban J connectivity index is 2.44. The van der Waals surface area contributed by atoms with Gasteiger partial charge in [0.2, 0.25) is 5.91 Å². The molecule has 1 aliphatic heterocycles. The largest absolute Gasteiger partial charge is 0.325 e. The number of carbonyl (C=O) groups is 1. The van der Waals surface area contributed by atoms with Gasteiger partial charge in [0.1, 0.15) is 0 Å². The van der Waals surface area contributed by atoms with Crippen molar-refractivity contribution in [3.63, 3.8) is 0 Å². The third-order valence-electron chi connectivity index (χ3n) is 4.11. The van der Waals surface area contributed by atoms with E-state index >= 15 is 0 Å². The van der Waals surface area contributed by atoms with Gasteiger partial charge in [-0.3, -0.25) is 10.1 Å². The Hall–Kier alpha value is -0.610. The molecule has 106 valence electrons. The summed E-state index contributed by atoms with van der Waals surface area (Å²) in [5, 5.41) is 3.38. The van der Waals surface area contributed by atoms with Gasteiger partial charge >= 0.3 is 0 Å². The minimum absolute atomic E-state index is 0.0407. The molecule has 0 aromatic heterocycles. The van der Waals surface area contributed by atoms with Gasteiger partial charge in [0.15, 0.2) is 0 Å². The second kappa shape index (κ2) is 7.10. The molecule has 3 unspecified atom stereocenters. The van der Waals surface area contributed by atoms with Crippen LogP contribution < -0.4 is 5.32 Å². The van der Waals surface area contributed by atoms with E-state index in [0.29, 0.717) is 6.04 Å². The molecule has 4 nitrogen and oxygen atoms in total. The van der Waals surface area contributed by atoms with Crippen molar-refractivity contribution in [3.8, 4) is 0 Å². The summed E-state index contributed by atoms with van der Waals surface area (Å²) in [7, 11) is 2.14. The van der Waals surface area contributed by atoms with Crippen LogP contribution in [0.3, 0.4) is 0 Å². The van der Waals surface area contributed by atoms with E-state index < -0.39 is 0 Å². The highest BCUT2D eigenvalue weighted by molar-refractivity contribution is 5.84. The lowest BCUT2D eigenvalue weighted by molar-refractivity contribution is -0.130. The second-order valence-corrected chi connectivity index (χ2v) is 5.45. The molecular formula is C14H29N3O. The Morgan fingerprint density at radius 3 is 2.67 bits per heavy atom. The molecule has 0 saturated carbocycles. The zero-order valence-corrected chi connectivity index (χ0v) is 12.6. The van der Waals surface area contributed by atoms with Gasteiger partial charge in [0.05, 0.1) is 12.2 Å². The highest BCUT2D eigenvalue weighted by Gasteiger charge is 2.35. The zero-order valence-electron chi connectivity index (χ0n) is 12.6. The molecule has 18 heavy (non-hydrogen) atoms. The minimum Gasteiger partial charge on any atom is -0.325 e. The molecule has 1 amide bonds. The summed E-state index contributed by atoms with van der Waals surface area (Å²) in [5.41, 5.74) is 0. The van der Waals surface area contributed by atoms with Gasteiger partial charge in [-0.05, 0) is 33.7 Å². The lowest BCUT2D eigenvalue weighted by atomic mass is 10.2. The lowest BCUT2D eigenvalue weighted by Crippen LogP contribution is -2.42. The van der Waals surface area contributed by atoms with E-state index in [4.69, 9.17) is 0 Å². The maximum absolute atomic E-state index is 12.2. The smallest absolute Gasteiger partial charge is 0.241 e. The summed E-state index contributed by atoms with van der Waals surface area (Å²) < 4.78 is 0. The summed E-state index contributed by atoms with van der Waals surface area (Å²) >= 11 is 0. The van der Waals surface area contributed by atoms with Crippen molar-refractivity contribution in [2.75, 3.05) is 20.1 Å². The molecule has 1 fully saturated rings. The van der Waals surface area contributed by atoms with Gasteiger partial charge in [-0.25, -0.2) is 0 Å². The average molecular weight is 255 g/mol. The Morgan fingerprint density at radius 2 is 2.11 bits per heavy atom. The molecule has 1 saturated heterocycles. The normalized spacial score (nSPS) is 26.1. The predicted molar refractivity (Wildman–Crippen MR) is 75.4 cm³/mol. The number of carbonyl (C=O) groups excluding carboxylic acids is 1. The van der Waals surface area contributed by atoms with Gasteiger partial charge < -0.3 is 9.80 Å². The number of rotatable bonds is 7. The highest BCUT2D eigenvalue weighted by atomic mass is 16.2. The van der Waals surface area contributed by atoms with Crippen molar-refractivity contribution in [1.82, 2.24) is 15.1 Å². The fourth-order valence-corrected chi connectivity index (χ4v) is 2.44. The number of nitrogens with one attached hydrogen (secondary N) is 1. The molecule has 1 rings (SSSR count). The second-order valence-electron chi connectivity index (χ2n) is 5.45. The third kappa shape index (κ3) is 3.69. The number of hydrogen-bond acceptors (Lipinski definition) is 3. The van der Waals surface area contributed by atoms with Gasteiger partial charge in [-0.2, -0.15) is 0 Å². The van der Waals surface area contributed by atoms with Crippen molar-refractivity contribution in [2.24, 2.45) is 0 Å². The SMILES string of the molecule is CCCC1NC(C)N(CCN(C)C(C)CC)C1=O. The number of nitrogens with zero attached hydrogens (tertiary/aromatic N) is 2. The predicted octanol–water partition coefficient (Wildman–Crippen LogP) is 1.66. The van der Waals surface area contributed by atoms with E-state index in [1.54, 1.807) is 0 Å². The van der Waals surface area contributed by atoms with Crippen LogP contribution in [0.1, 0.15) is 47.0 Å². The number of hydrogen-bond donors (Lipinski definition) is 1. The van der Waals surface area contributed by atoms with E-state index in [2.05, 4.69) is 45.0 Å². The van der Waals surface area contributed by atoms with Gasteiger partial charge in [-0.15, -0.1) is 0 Å². The third-order valence-corrected chi connectivity index (χ3v) is 4.11. The highest BCUT2D eigenvalue weighted by Crippen LogP contribution is 2.14. The van der Waals surface area contributed by atoms with Crippen LogP contribution in [0.25, 0.3) is 0 Å². The van der Waals surface area contributed by atoms with Gasteiger partial charge in [0, 0.05) is 19.1 Å². The molecule has 0 aromatic carbocycles. The Morgan fingerprint density at radius 1 is 1.44 bits per heavy atom.